The summed E-state index contributed by atoms with van der Waals surface area (Å²) in [7, 11) is 0. The van der Waals surface area contributed by atoms with Gasteiger partial charge in [0.1, 0.15) is 0 Å². The Bertz CT molecular complexity index is 1520. The fourth-order valence-electron chi connectivity index (χ4n) is 6.72. The number of hydrogen-bond donors (Lipinski definition) is 8. The van der Waals surface area contributed by atoms with E-state index >= 15 is 0 Å². The van der Waals surface area contributed by atoms with E-state index in [1.54, 1.807) is 0 Å². The van der Waals surface area contributed by atoms with Gasteiger partial charge in [0.2, 0.25) is 11.8 Å². The molecule has 0 aromatic carbocycles. The number of carboxylic acids is 2. The van der Waals surface area contributed by atoms with Crippen molar-refractivity contribution in [2.24, 2.45) is 11.8 Å². The molecule has 4 heterocycles. The van der Waals surface area contributed by atoms with E-state index in [1.807, 2.05) is 46.8 Å². The number of rotatable bonds is 13. The zero-order valence-corrected chi connectivity index (χ0v) is 28.2. The molecule has 0 aliphatic carbocycles. The van der Waals surface area contributed by atoms with Crippen molar-refractivity contribution >= 4 is 61.2 Å². The molecule has 0 saturated carbocycles. The van der Waals surface area contributed by atoms with E-state index in [2.05, 4.69) is 46.2 Å². The van der Waals surface area contributed by atoms with E-state index < -0.39 is 11.9 Å². The van der Waals surface area contributed by atoms with Gasteiger partial charge in [0.05, 0.1) is 6.04 Å². The Morgan fingerprint density at radius 2 is 1.60 bits per heavy atom. The lowest BCUT2D eigenvalue weighted by Gasteiger charge is -2.20. The Hall–Kier alpha value is -3.38. The number of aliphatic carboxylic acids is 2. The second-order valence-electron chi connectivity index (χ2n) is 12.3. The quantitative estimate of drug-likeness (QED) is 0.146. The molecule has 0 radical (unpaired) electrons. The van der Waals surface area contributed by atoms with Crippen LogP contribution in [0.2, 0.25) is 0 Å². The third-order valence-electron chi connectivity index (χ3n) is 9.38. The van der Waals surface area contributed by atoms with E-state index in [-0.39, 0.29) is 53.8 Å². The zero-order chi connectivity index (χ0) is 33.2. The highest BCUT2D eigenvalue weighted by molar-refractivity contribution is 7.81. The summed E-state index contributed by atoms with van der Waals surface area (Å²) in [5.74, 6) is -1.49. The molecule has 2 amide bonds. The highest BCUT2D eigenvalue weighted by atomic mass is 32.1. The Balaban J connectivity index is 1.73. The molecule has 0 spiro atoms. The average Bonchev–Trinajstić information content (AvgIpc) is 3.60. The maximum Gasteiger partial charge on any atom is 0.303 e. The third kappa shape index (κ3) is 7.54. The van der Waals surface area contributed by atoms with Crippen molar-refractivity contribution in [3.8, 4) is 0 Å². The van der Waals surface area contributed by atoms with Gasteiger partial charge in [-0.1, -0.05) is 6.92 Å². The number of thiol groups is 2. The summed E-state index contributed by atoms with van der Waals surface area (Å²) >= 11 is 8.87. The normalized spacial score (nSPS) is 25.8. The van der Waals surface area contributed by atoms with Crippen molar-refractivity contribution < 1.29 is 29.4 Å². The summed E-state index contributed by atoms with van der Waals surface area (Å²) in [5, 5.41) is 28.4. The number of carbonyl (C=O) groups excluding carboxylic acids is 2. The fraction of sp³-hybridized carbons (Fsp3) is 0.515. The van der Waals surface area contributed by atoms with E-state index in [0.717, 1.165) is 57.0 Å². The maximum atomic E-state index is 12.6. The van der Waals surface area contributed by atoms with Gasteiger partial charge in [0.25, 0.3) is 0 Å². The summed E-state index contributed by atoms with van der Waals surface area (Å²) < 4.78 is 0. The zero-order valence-electron chi connectivity index (χ0n) is 26.4. The lowest BCUT2D eigenvalue weighted by Crippen LogP contribution is -2.36. The monoisotopic (exact) mass is 656 g/mol. The molecular formula is C33H44N4O6S2. The van der Waals surface area contributed by atoms with Crippen molar-refractivity contribution in [1.29, 1.82) is 0 Å². The first-order chi connectivity index (χ1) is 21.2. The van der Waals surface area contributed by atoms with E-state index in [0.29, 0.717) is 30.6 Å². The number of H-pyrrole nitrogens is 1. The summed E-state index contributed by atoms with van der Waals surface area (Å²) in [5.41, 5.74) is 8.34. The molecule has 3 aliphatic rings. The van der Waals surface area contributed by atoms with Gasteiger partial charge in [0, 0.05) is 64.3 Å². The van der Waals surface area contributed by atoms with Crippen LogP contribution in [0.4, 0.5) is 0 Å². The van der Waals surface area contributed by atoms with Gasteiger partial charge >= 0.3 is 11.9 Å². The first kappa shape index (κ1) is 34.5. The number of nitrogens with one attached hydrogen (secondary N) is 4. The van der Waals surface area contributed by atoms with Crippen LogP contribution in [0.5, 0.6) is 0 Å². The molecule has 5 atom stereocenters. The Morgan fingerprint density at radius 3 is 2.20 bits per heavy atom. The van der Waals surface area contributed by atoms with Crippen molar-refractivity contribution in [2.45, 2.75) is 90.5 Å². The highest BCUT2D eigenvalue weighted by Crippen LogP contribution is 2.36. The van der Waals surface area contributed by atoms with Gasteiger partial charge in [-0.15, -0.1) is 0 Å². The first-order valence-electron chi connectivity index (χ1n) is 15.4. The fourth-order valence-corrected chi connectivity index (χ4v) is 7.32. The van der Waals surface area contributed by atoms with Crippen LogP contribution in [-0.4, -0.2) is 62.0 Å². The van der Waals surface area contributed by atoms with Crippen LogP contribution in [0.1, 0.15) is 82.3 Å². The molecule has 12 heteroatoms. The minimum absolute atomic E-state index is 0.00655. The smallest absolute Gasteiger partial charge is 0.303 e. The largest absolute Gasteiger partial charge is 0.481 e. The van der Waals surface area contributed by atoms with Crippen LogP contribution in [-0.2, 0) is 25.6 Å². The SMILES string of the molecule is CC1=C(CCC(=O)O)/C(=C/c2[nH]c(/C=C3\NC(=O)[C@H](C)[C@H]3CCS)c(C)c2CCC(=O)O)NC1C[C@H]1NC(=O)C([C@@H](C)S)=C1C. The molecule has 4 rings (SSSR count). The van der Waals surface area contributed by atoms with Gasteiger partial charge in [-0.2, -0.15) is 25.3 Å². The number of carboxylic acid groups (broad SMARTS) is 2. The number of allylic oxidation sites excluding steroid dienone is 2. The minimum Gasteiger partial charge on any atom is -0.481 e. The maximum absolute atomic E-state index is 12.6. The van der Waals surface area contributed by atoms with Crippen LogP contribution in [0.25, 0.3) is 12.2 Å². The van der Waals surface area contributed by atoms with E-state index in [4.69, 9.17) is 0 Å². The van der Waals surface area contributed by atoms with Crippen molar-refractivity contribution in [1.82, 2.24) is 20.9 Å². The molecule has 45 heavy (non-hydrogen) atoms. The predicted molar refractivity (Wildman–Crippen MR) is 181 cm³/mol. The number of amides is 2. The molecule has 3 aliphatic heterocycles. The van der Waals surface area contributed by atoms with Crippen molar-refractivity contribution in [3.05, 3.63) is 56.2 Å². The van der Waals surface area contributed by atoms with Gasteiger partial charge in [0.15, 0.2) is 0 Å². The summed E-state index contributed by atoms with van der Waals surface area (Å²) in [6.07, 6.45) is 5.70. The molecule has 1 fully saturated rings. The molecule has 1 saturated heterocycles. The van der Waals surface area contributed by atoms with E-state index in [1.165, 1.54) is 0 Å². The number of aromatic nitrogens is 1. The van der Waals surface area contributed by atoms with Crippen LogP contribution in [0.3, 0.4) is 0 Å². The van der Waals surface area contributed by atoms with Crippen LogP contribution in [0.15, 0.2) is 33.7 Å². The van der Waals surface area contributed by atoms with Gasteiger partial charge in [-0.3, -0.25) is 19.2 Å². The molecule has 6 N–H and O–H groups in total. The van der Waals surface area contributed by atoms with Gasteiger partial charge < -0.3 is 31.1 Å². The summed E-state index contributed by atoms with van der Waals surface area (Å²) in [6, 6.07) is -0.326. The molecule has 1 aromatic rings. The first-order valence-corrected chi connectivity index (χ1v) is 16.5. The predicted octanol–water partition coefficient (Wildman–Crippen LogP) is 4.40. The second-order valence-corrected chi connectivity index (χ2v) is 13.5. The van der Waals surface area contributed by atoms with Gasteiger partial charge in [-0.05, 0) is 99.1 Å². The standard InChI is InChI=1S/C33H44N4O6S2/c1-15-20(6-8-29(38)39)26(34-23(15)12-25-18(4)31(19(5)45)33(43)36-25)14-27-21(7-9-30(40)41)16(2)24(35-27)13-28-22(10-11-44)17(3)32(42)37-28/h13-14,17,19,22-23,25,34-35,44-45H,6-12H2,1-5H3,(H,36,43)(H,37,42)(H,38,39)(H,40,41)/b26-14-,28-13-/t17-,19-,22-,23?,25-/m1/s1. The molecule has 1 unspecified atom stereocenters. The molecule has 10 nitrogen and oxygen atoms in total. The average molecular weight is 657 g/mol. The number of aromatic amines is 1. The Kier molecular flexibility index (Phi) is 11.0. The van der Waals surface area contributed by atoms with Gasteiger partial charge in [-0.25, -0.2) is 0 Å². The topological polar surface area (TPSA) is 161 Å². The van der Waals surface area contributed by atoms with E-state index in [9.17, 15) is 29.4 Å². The number of hydrogen-bond acceptors (Lipinski definition) is 7. The summed E-state index contributed by atoms with van der Waals surface area (Å²) in [4.78, 5) is 51.8. The Labute approximate surface area is 275 Å². The van der Waals surface area contributed by atoms with Crippen LogP contribution < -0.4 is 16.0 Å². The third-order valence-corrected chi connectivity index (χ3v) is 9.90. The molecule has 0 bridgehead atoms. The molecular weight excluding hydrogens is 613 g/mol. The lowest BCUT2D eigenvalue weighted by atomic mass is 9.91. The van der Waals surface area contributed by atoms with Crippen LogP contribution >= 0.6 is 25.3 Å². The highest BCUT2D eigenvalue weighted by Gasteiger charge is 2.36. The van der Waals surface area contributed by atoms with Crippen molar-refractivity contribution in [3.63, 3.8) is 0 Å². The molecule has 1 aromatic heterocycles. The Morgan fingerprint density at radius 1 is 0.956 bits per heavy atom. The number of carbonyl (C=O) groups is 4. The second kappa shape index (κ2) is 14.4. The lowest BCUT2D eigenvalue weighted by molar-refractivity contribution is -0.138. The summed E-state index contributed by atoms with van der Waals surface area (Å²) in [6.45, 7) is 9.65. The van der Waals surface area contributed by atoms with Crippen LogP contribution in [0, 0.1) is 18.8 Å². The minimum atomic E-state index is -0.909. The van der Waals surface area contributed by atoms with Crippen molar-refractivity contribution in [2.75, 3.05) is 5.75 Å². The molecule has 244 valence electrons.